The highest BCUT2D eigenvalue weighted by Gasteiger charge is 2.08. The highest BCUT2D eigenvalue weighted by atomic mass is 35.5. The number of anilines is 2. The normalized spacial score (nSPS) is 10.2. The van der Waals surface area contributed by atoms with Gasteiger partial charge in [-0.3, -0.25) is 9.48 Å². The molecule has 8 heteroatoms. The second-order valence-electron chi connectivity index (χ2n) is 4.38. The molecule has 0 aliphatic carbocycles. The van der Waals surface area contributed by atoms with Crippen molar-refractivity contribution < 1.29 is 14.7 Å². The maximum atomic E-state index is 11.8. The SMILES string of the molecule is Cc1ccc(Cl)c(NC(=O)Nc2cnn(CC(=O)O)c2)c1. The fraction of sp³-hybridized carbons (Fsp3) is 0.154. The van der Waals surface area contributed by atoms with Crippen LogP contribution in [-0.4, -0.2) is 26.9 Å². The van der Waals surface area contributed by atoms with Crippen LogP contribution < -0.4 is 10.6 Å². The zero-order valence-electron chi connectivity index (χ0n) is 11.1. The molecule has 2 aromatic rings. The Morgan fingerprint density at radius 3 is 2.86 bits per heavy atom. The molecule has 0 aliphatic heterocycles. The van der Waals surface area contributed by atoms with E-state index in [9.17, 15) is 9.59 Å². The molecule has 1 aromatic carbocycles. The Hall–Kier alpha value is -2.54. The highest BCUT2D eigenvalue weighted by Crippen LogP contribution is 2.22. The lowest BCUT2D eigenvalue weighted by Gasteiger charge is -2.08. The van der Waals surface area contributed by atoms with E-state index in [0.717, 1.165) is 5.56 Å². The zero-order chi connectivity index (χ0) is 15.4. The Balaban J connectivity index is 2.00. The number of amides is 2. The summed E-state index contributed by atoms with van der Waals surface area (Å²) < 4.78 is 1.21. The summed E-state index contributed by atoms with van der Waals surface area (Å²) in [6.07, 6.45) is 2.78. The second kappa shape index (κ2) is 6.27. The molecule has 0 saturated heterocycles. The van der Waals surface area contributed by atoms with Crippen molar-refractivity contribution in [1.29, 1.82) is 0 Å². The number of carbonyl (C=O) groups is 2. The van der Waals surface area contributed by atoms with Gasteiger partial charge in [-0.2, -0.15) is 5.10 Å². The third-order valence-corrected chi connectivity index (χ3v) is 2.89. The van der Waals surface area contributed by atoms with Crippen molar-refractivity contribution in [2.45, 2.75) is 13.5 Å². The van der Waals surface area contributed by atoms with Gasteiger partial charge in [-0.15, -0.1) is 0 Å². The van der Waals surface area contributed by atoms with Gasteiger partial charge in [0.2, 0.25) is 0 Å². The van der Waals surface area contributed by atoms with Crippen LogP contribution in [0.4, 0.5) is 16.2 Å². The smallest absolute Gasteiger partial charge is 0.325 e. The zero-order valence-corrected chi connectivity index (χ0v) is 11.9. The van der Waals surface area contributed by atoms with Gasteiger partial charge in [0.1, 0.15) is 6.54 Å². The van der Waals surface area contributed by atoms with Crippen molar-refractivity contribution in [2.24, 2.45) is 0 Å². The molecule has 7 nitrogen and oxygen atoms in total. The van der Waals surface area contributed by atoms with E-state index in [1.807, 2.05) is 13.0 Å². The number of carbonyl (C=O) groups excluding carboxylic acids is 1. The third-order valence-electron chi connectivity index (χ3n) is 2.56. The number of aromatic nitrogens is 2. The largest absolute Gasteiger partial charge is 0.480 e. The molecule has 1 aromatic heterocycles. The minimum absolute atomic E-state index is 0.271. The fourth-order valence-corrected chi connectivity index (χ4v) is 1.84. The van der Waals surface area contributed by atoms with E-state index in [1.165, 1.54) is 17.1 Å². The number of aryl methyl sites for hydroxylation is 1. The van der Waals surface area contributed by atoms with Gasteiger partial charge in [-0.1, -0.05) is 17.7 Å². The predicted molar refractivity (Wildman–Crippen MR) is 78.7 cm³/mol. The van der Waals surface area contributed by atoms with Crippen LogP contribution in [0.15, 0.2) is 30.6 Å². The number of hydrogen-bond acceptors (Lipinski definition) is 3. The van der Waals surface area contributed by atoms with Crippen molar-refractivity contribution in [2.75, 3.05) is 10.6 Å². The predicted octanol–water partition coefficient (Wildman–Crippen LogP) is 2.57. The van der Waals surface area contributed by atoms with Gasteiger partial charge in [-0.05, 0) is 24.6 Å². The van der Waals surface area contributed by atoms with Gasteiger partial charge in [0.25, 0.3) is 0 Å². The van der Waals surface area contributed by atoms with Crippen LogP contribution in [0, 0.1) is 6.92 Å². The van der Waals surface area contributed by atoms with E-state index in [0.29, 0.717) is 16.4 Å². The molecular weight excluding hydrogens is 296 g/mol. The summed E-state index contributed by atoms with van der Waals surface area (Å²) in [4.78, 5) is 22.4. The molecule has 2 amide bonds. The summed E-state index contributed by atoms with van der Waals surface area (Å²) in [7, 11) is 0. The molecule has 2 rings (SSSR count). The average Bonchev–Trinajstić information content (AvgIpc) is 2.80. The van der Waals surface area contributed by atoms with E-state index in [2.05, 4.69) is 15.7 Å². The summed E-state index contributed by atoms with van der Waals surface area (Å²) in [5, 5.41) is 18.0. The number of carboxylic acid groups (broad SMARTS) is 1. The molecule has 0 aliphatic rings. The number of rotatable bonds is 4. The first kappa shape index (κ1) is 14.9. The molecule has 21 heavy (non-hydrogen) atoms. The van der Waals surface area contributed by atoms with Crippen LogP contribution in [-0.2, 0) is 11.3 Å². The number of benzene rings is 1. The molecule has 0 unspecified atom stereocenters. The Morgan fingerprint density at radius 1 is 1.38 bits per heavy atom. The number of nitrogens with one attached hydrogen (secondary N) is 2. The lowest BCUT2D eigenvalue weighted by atomic mass is 10.2. The van der Waals surface area contributed by atoms with Gasteiger partial charge >= 0.3 is 12.0 Å². The quantitative estimate of drug-likeness (QED) is 0.808. The number of halogens is 1. The van der Waals surface area contributed by atoms with Crippen molar-refractivity contribution in [3.8, 4) is 0 Å². The molecule has 0 spiro atoms. The average molecular weight is 309 g/mol. The Labute approximate surface area is 125 Å². The van der Waals surface area contributed by atoms with Crippen LogP contribution in [0.3, 0.4) is 0 Å². The van der Waals surface area contributed by atoms with E-state index < -0.39 is 12.0 Å². The topological polar surface area (TPSA) is 96.3 Å². The van der Waals surface area contributed by atoms with E-state index in [1.54, 1.807) is 12.1 Å². The first-order chi connectivity index (χ1) is 9.94. The molecule has 3 N–H and O–H groups in total. The third kappa shape index (κ3) is 4.22. The van der Waals surface area contributed by atoms with Gasteiger partial charge in [0, 0.05) is 6.20 Å². The number of hydrogen-bond donors (Lipinski definition) is 3. The van der Waals surface area contributed by atoms with Gasteiger partial charge in [-0.25, -0.2) is 4.79 Å². The van der Waals surface area contributed by atoms with Gasteiger partial charge in [0.05, 0.1) is 22.6 Å². The van der Waals surface area contributed by atoms with E-state index >= 15 is 0 Å². The highest BCUT2D eigenvalue weighted by molar-refractivity contribution is 6.33. The van der Waals surface area contributed by atoms with Crippen LogP contribution in [0.25, 0.3) is 0 Å². The van der Waals surface area contributed by atoms with Crippen molar-refractivity contribution >= 4 is 35.0 Å². The second-order valence-corrected chi connectivity index (χ2v) is 4.79. The summed E-state index contributed by atoms with van der Waals surface area (Å²) >= 11 is 5.98. The molecule has 0 bridgehead atoms. The minimum Gasteiger partial charge on any atom is -0.480 e. The maximum Gasteiger partial charge on any atom is 0.325 e. The van der Waals surface area contributed by atoms with Crippen LogP contribution in [0.5, 0.6) is 0 Å². The van der Waals surface area contributed by atoms with Crippen LogP contribution >= 0.6 is 11.6 Å². The van der Waals surface area contributed by atoms with Crippen LogP contribution in [0.2, 0.25) is 5.02 Å². The van der Waals surface area contributed by atoms with Gasteiger partial charge in [0.15, 0.2) is 0 Å². The van der Waals surface area contributed by atoms with Crippen LogP contribution in [0.1, 0.15) is 5.56 Å². The monoisotopic (exact) mass is 308 g/mol. The summed E-state index contributed by atoms with van der Waals surface area (Å²) in [6, 6.07) is 4.78. The lowest BCUT2D eigenvalue weighted by Crippen LogP contribution is -2.19. The van der Waals surface area contributed by atoms with Crippen molar-refractivity contribution in [3.05, 3.63) is 41.2 Å². The summed E-state index contributed by atoms with van der Waals surface area (Å²) in [6.45, 7) is 1.61. The molecule has 110 valence electrons. The molecule has 0 atom stereocenters. The maximum absolute atomic E-state index is 11.8. The van der Waals surface area contributed by atoms with E-state index in [4.69, 9.17) is 16.7 Å². The first-order valence-corrected chi connectivity index (χ1v) is 6.40. The number of urea groups is 1. The van der Waals surface area contributed by atoms with Gasteiger partial charge < -0.3 is 15.7 Å². The minimum atomic E-state index is -1.01. The molecule has 0 saturated carbocycles. The number of carboxylic acids is 1. The van der Waals surface area contributed by atoms with Crippen molar-refractivity contribution in [1.82, 2.24) is 9.78 Å². The van der Waals surface area contributed by atoms with Crippen molar-refractivity contribution in [3.63, 3.8) is 0 Å². The summed E-state index contributed by atoms with van der Waals surface area (Å²) in [5.74, 6) is -1.01. The Morgan fingerprint density at radius 2 is 2.14 bits per heavy atom. The lowest BCUT2D eigenvalue weighted by molar-refractivity contribution is -0.137. The Kier molecular flexibility index (Phi) is 4.44. The van der Waals surface area contributed by atoms with E-state index in [-0.39, 0.29) is 6.54 Å². The number of aliphatic carboxylic acids is 1. The fourth-order valence-electron chi connectivity index (χ4n) is 1.67. The standard InChI is InChI=1S/C13H13ClN4O3/c1-8-2-3-10(14)11(4-8)17-13(21)16-9-5-15-18(6-9)7-12(19)20/h2-6H,7H2,1H3,(H,19,20)(H2,16,17,21). The first-order valence-electron chi connectivity index (χ1n) is 6.02. The molecular formula is C13H13ClN4O3. The molecule has 1 heterocycles. The molecule has 0 radical (unpaired) electrons. The number of nitrogens with zero attached hydrogens (tertiary/aromatic N) is 2. The Bertz CT molecular complexity index is 684. The molecule has 0 fully saturated rings. The summed E-state index contributed by atoms with van der Waals surface area (Å²) in [5.41, 5.74) is 1.84.